The van der Waals surface area contributed by atoms with Gasteiger partial charge in [0.1, 0.15) is 0 Å². The first-order valence-corrected chi connectivity index (χ1v) is 11.2. The van der Waals surface area contributed by atoms with Gasteiger partial charge >= 0.3 is 0 Å². The Morgan fingerprint density at radius 1 is 1.00 bits per heavy atom. The Morgan fingerprint density at radius 3 is 2.55 bits per heavy atom. The van der Waals surface area contributed by atoms with Crippen molar-refractivity contribution in [2.24, 2.45) is 0 Å². The lowest BCUT2D eigenvalue weighted by Crippen LogP contribution is -2.36. The highest BCUT2D eigenvalue weighted by atomic mass is 15.1. The first kappa shape index (κ1) is 19.6. The zero-order valence-corrected chi connectivity index (χ0v) is 18.7. The summed E-state index contributed by atoms with van der Waals surface area (Å²) in [6.45, 7) is 10.8. The van der Waals surface area contributed by atoms with Crippen LogP contribution in [0, 0.1) is 0 Å². The van der Waals surface area contributed by atoms with Gasteiger partial charge in [0.25, 0.3) is 0 Å². The van der Waals surface area contributed by atoms with E-state index < -0.39 is 0 Å². The van der Waals surface area contributed by atoms with Crippen molar-refractivity contribution in [3.63, 3.8) is 0 Å². The normalized spacial score (nSPS) is 15.0. The fraction of sp³-hybridized carbons (Fsp3) is 0.200. The number of hydrogen-bond acceptors (Lipinski definition) is 1. The zero-order valence-electron chi connectivity index (χ0n) is 18.7. The summed E-state index contributed by atoms with van der Waals surface area (Å²) in [4.78, 5) is 2.45. The summed E-state index contributed by atoms with van der Waals surface area (Å²) in [6, 6.07) is 20.3. The number of aryl methyl sites for hydroxylation is 1. The van der Waals surface area contributed by atoms with Crippen molar-refractivity contribution in [3.8, 4) is 0 Å². The van der Waals surface area contributed by atoms with E-state index in [0.29, 0.717) is 5.92 Å². The summed E-state index contributed by atoms with van der Waals surface area (Å²) in [5.74, 6) is 0.452. The van der Waals surface area contributed by atoms with E-state index in [0.717, 1.165) is 12.8 Å². The molecule has 0 atom stereocenters. The molecule has 1 aliphatic heterocycles. The van der Waals surface area contributed by atoms with E-state index in [1.807, 2.05) is 6.08 Å². The molecular weight excluding hydrogens is 374 g/mol. The molecule has 0 aromatic heterocycles. The predicted molar refractivity (Wildman–Crippen MR) is 135 cm³/mol. The van der Waals surface area contributed by atoms with Crippen LogP contribution in [0.4, 0.5) is 17.1 Å². The maximum atomic E-state index is 4.00. The predicted octanol–water partition coefficient (Wildman–Crippen LogP) is 6.74. The second-order valence-corrected chi connectivity index (χ2v) is 8.87. The van der Waals surface area contributed by atoms with Gasteiger partial charge in [0.05, 0.1) is 11.4 Å². The number of nitrogens with zero attached hydrogens (tertiary/aromatic N) is 1. The zero-order chi connectivity index (χ0) is 21.5. The van der Waals surface area contributed by atoms with Gasteiger partial charge in [-0.05, 0) is 83.5 Å². The van der Waals surface area contributed by atoms with Crippen LogP contribution in [-0.4, -0.2) is 0 Å². The number of hydrogen-bond donors (Lipinski definition) is 0. The Kier molecular flexibility index (Phi) is 4.90. The molecule has 2 aliphatic rings. The third-order valence-corrected chi connectivity index (χ3v) is 6.54. The van der Waals surface area contributed by atoms with Gasteiger partial charge < -0.3 is 4.90 Å². The number of anilines is 3. The highest BCUT2D eigenvalue weighted by molar-refractivity contribution is 5.93. The van der Waals surface area contributed by atoms with Crippen LogP contribution in [0.5, 0.6) is 0 Å². The van der Waals surface area contributed by atoms with Gasteiger partial charge in [-0.15, -0.1) is 0 Å². The van der Waals surface area contributed by atoms with Crippen LogP contribution in [0.3, 0.4) is 0 Å². The van der Waals surface area contributed by atoms with Crippen LogP contribution >= 0.6 is 0 Å². The van der Waals surface area contributed by atoms with Crippen LogP contribution in [0.2, 0.25) is 0 Å². The van der Waals surface area contributed by atoms with Gasteiger partial charge in [-0.25, -0.2) is 0 Å². The van der Waals surface area contributed by atoms with E-state index in [1.54, 1.807) is 0 Å². The van der Waals surface area contributed by atoms with Gasteiger partial charge in [0.2, 0.25) is 0 Å². The second-order valence-electron chi connectivity index (χ2n) is 8.87. The maximum absolute atomic E-state index is 4.00. The molecule has 3 aromatic rings. The maximum Gasteiger partial charge on any atom is 0.0546 e. The molecule has 1 aliphatic carbocycles. The highest BCUT2D eigenvalue weighted by Gasteiger charge is 2.26. The molecule has 0 saturated heterocycles. The molecule has 0 amide bonds. The fourth-order valence-corrected chi connectivity index (χ4v) is 4.92. The van der Waals surface area contributed by atoms with Crippen molar-refractivity contribution < 1.29 is 0 Å². The third-order valence-electron chi connectivity index (χ3n) is 6.54. The lowest BCUT2D eigenvalue weighted by molar-refractivity contribution is 0.863. The molecule has 31 heavy (non-hydrogen) atoms. The largest absolute Gasteiger partial charge is 0.309 e. The summed E-state index contributed by atoms with van der Waals surface area (Å²) in [5, 5.41) is 2.56. The topological polar surface area (TPSA) is 3.24 Å². The Hall–Kier alpha value is -3.32. The summed E-state index contributed by atoms with van der Waals surface area (Å²) in [7, 11) is 0. The molecule has 0 spiro atoms. The van der Waals surface area contributed by atoms with E-state index in [-0.39, 0.29) is 0 Å². The van der Waals surface area contributed by atoms with Gasteiger partial charge in [0.15, 0.2) is 0 Å². The Morgan fingerprint density at radius 2 is 1.81 bits per heavy atom. The highest BCUT2D eigenvalue weighted by Crippen LogP contribution is 2.42. The van der Waals surface area contributed by atoms with Crippen molar-refractivity contribution in [1.29, 1.82) is 0 Å². The lowest BCUT2D eigenvalue weighted by Gasteiger charge is -2.34. The van der Waals surface area contributed by atoms with Crippen LogP contribution < -0.4 is 15.3 Å². The third kappa shape index (κ3) is 3.25. The molecular formula is C30H29N. The van der Waals surface area contributed by atoms with E-state index in [2.05, 4.69) is 105 Å². The SMILES string of the molecule is C=C/C=c1/cc(C(C)C)cc2c1=C(C)c1cc3c(cc1N2c1ccccc1)C=CCC3. The Bertz CT molecular complexity index is 1320. The van der Waals surface area contributed by atoms with E-state index in [9.17, 15) is 0 Å². The Balaban J connectivity index is 1.94. The molecule has 0 bridgehead atoms. The van der Waals surface area contributed by atoms with Gasteiger partial charge in [0, 0.05) is 16.5 Å². The lowest BCUT2D eigenvalue weighted by atomic mass is 9.87. The average molecular weight is 404 g/mol. The quantitative estimate of drug-likeness (QED) is 0.468. The molecule has 0 radical (unpaired) electrons. The minimum Gasteiger partial charge on any atom is -0.309 e. The molecule has 0 N–H and O–H groups in total. The standard InChI is InChI=1S/C30H29N/c1-5-11-24-16-25(20(2)3)19-29-30(24)21(4)27-17-22-12-9-10-13-23(22)18-28(27)31(29)26-14-7-6-8-15-26/h5-8,10-11,13-20H,1,9,12H2,2-4H3/b24-11-. The van der Waals surface area contributed by atoms with E-state index in [1.165, 1.54) is 55.3 Å². The average Bonchev–Trinajstić information content (AvgIpc) is 2.79. The molecule has 5 rings (SSSR count). The number of fused-ring (bicyclic) bond motifs is 3. The molecule has 3 aromatic carbocycles. The van der Waals surface area contributed by atoms with Crippen LogP contribution in [0.1, 0.15) is 55.4 Å². The second kappa shape index (κ2) is 7.74. The van der Waals surface area contributed by atoms with Crippen LogP contribution in [0.15, 0.2) is 73.3 Å². The van der Waals surface area contributed by atoms with Gasteiger partial charge in [-0.2, -0.15) is 0 Å². The number of para-hydroxylation sites is 1. The first-order chi connectivity index (χ1) is 15.1. The summed E-state index contributed by atoms with van der Waals surface area (Å²) in [6.07, 6.45) is 10.9. The number of rotatable bonds is 3. The van der Waals surface area contributed by atoms with Crippen LogP contribution in [-0.2, 0) is 6.42 Å². The van der Waals surface area contributed by atoms with Crippen LogP contribution in [0.25, 0.3) is 17.7 Å². The molecule has 0 fully saturated rings. The molecule has 154 valence electrons. The van der Waals surface area contributed by atoms with Crippen molar-refractivity contribution in [2.45, 2.75) is 39.5 Å². The van der Waals surface area contributed by atoms with E-state index >= 15 is 0 Å². The molecule has 1 nitrogen and oxygen atoms in total. The summed E-state index contributed by atoms with van der Waals surface area (Å²) in [5.41, 5.74) is 10.6. The van der Waals surface area contributed by atoms with Crippen molar-refractivity contribution in [1.82, 2.24) is 0 Å². The molecule has 1 heterocycles. The number of benzene rings is 3. The number of allylic oxidation sites excluding steroid dienone is 2. The minimum absolute atomic E-state index is 0.452. The Labute approximate surface area is 185 Å². The minimum atomic E-state index is 0.452. The first-order valence-electron chi connectivity index (χ1n) is 11.2. The molecule has 0 saturated carbocycles. The van der Waals surface area contributed by atoms with Crippen molar-refractivity contribution in [3.05, 3.63) is 106 Å². The van der Waals surface area contributed by atoms with Crippen molar-refractivity contribution in [2.75, 3.05) is 4.90 Å². The summed E-state index contributed by atoms with van der Waals surface area (Å²) < 4.78 is 0. The van der Waals surface area contributed by atoms with Gasteiger partial charge in [-0.3, -0.25) is 0 Å². The molecule has 1 heteroatoms. The fourth-order valence-electron chi connectivity index (χ4n) is 4.92. The van der Waals surface area contributed by atoms with Crippen molar-refractivity contribution >= 4 is 34.8 Å². The molecule has 0 unspecified atom stereocenters. The van der Waals surface area contributed by atoms with E-state index in [4.69, 9.17) is 0 Å². The smallest absolute Gasteiger partial charge is 0.0546 e. The van der Waals surface area contributed by atoms with Gasteiger partial charge in [-0.1, -0.05) is 69.0 Å². The summed E-state index contributed by atoms with van der Waals surface area (Å²) >= 11 is 0. The monoisotopic (exact) mass is 403 g/mol.